The van der Waals surface area contributed by atoms with E-state index in [1.54, 1.807) is 27.8 Å². The van der Waals surface area contributed by atoms with Gasteiger partial charge < -0.3 is 9.30 Å². The summed E-state index contributed by atoms with van der Waals surface area (Å²) in [6.07, 6.45) is 1.87. The maximum Gasteiger partial charge on any atom is 0.243 e. The molecule has 0 unspecified atom stereocenters. The van der Waals surface area contributed by atoms with E-state index in [9.17, 15) is 8.42 Å². The van der Waals surface area contributed by atoms with Gasteiger partial charge in [-0.25, -0.2) is 13.4 Å². The van der Waals surface area contributed by atoms with Crippen LogP contribution in [0, 0.1) is 0 Å². The SMILES string of the molecule is CCOc1ccc(N=c2scc(-c3ccc(S(=O)(=O)N4CCCC4)cc3)n2CC)cc1. The lowest BCUT2D eigenvalue weighted by molar-refractivity contribution is 0.340. The van der Waals surface area contributed by atoms with Crippen molar-refractivity contribution in [3.05, 3.63) is 58.7 Å². The third-order valence-electron chi connectivity index (χ3n) is 5.34. The molecule has 0 amide bonds. The molecule has 0 saturated carbocycles. The van der Waals surface area contributed by atoms with Crippen molar-refractivity contribution in [1.82, 2.24) is 8.87 Å². The molecule has 1 aromatic heterocycles. The van der Waals surface area contributed by atoms with Crippen LogP contribution in [0.5, 0.6) is 5.75 Å². The second kappa shape index (κ2) is 9.38. The highest BCUT2D eigenvalue weighted by Gasteiger charge is 2.27. The Bertz CT molecular complexity index is 1190. The van der Waals surface area contributed by atoms with Crippen molar-refractivity contribution in [3.63, 3.8) is 0 Å². The minimum absolute atomic E-state index is 0.357. The molecule has 6 nitrogen and oxygen atoms in total. The second-order valence-corrected chi connectivity index (χ2v) is 10.1. The first kappa shape index (κ1) is 21.8. The fraction of sp³-hybridized carbons (Fsp3) is 0.348. The molecule has 1 saturated heterocycles. The highest BCUT2D eigenvalue weighted by atomic mass is 32.2. The zero-order valence-corrected chi connectivity index (χ0v) is 19.5. The Morgan fingerprint density at radius 1 is 1.00 bits per heavy atom. The minimum atomic E-state index is -3.40. The van der Waals surface area contributed by atoms with Crippen molar-refractivity contribution in [2.45, 2.75) is 38.1 Å². The van der Waals surface area contributed by atoms with Crippen LogP contribution in [0.2, 0.25) is 0 Å². The molecule has 8 heteroatoms. The highest BCUT2D eigenvalue weighted by molar-refractivity contribution is 7.89. The first-order chi connectivity index (χ1) is 15.0. The molecule has 164 valence electrons. The molecular weight excluding hydrogens is 430 g/mol. The van der Waals surface area contributed by atoms with Crippen LogP contribution in [0.15, 0.2) is 63.8 Å². The number of nitrogens with zero attached hydrogens (tertiary/aromatic N) is 3. The van der Waals surface area contributed by atoms with E-state index in [0.29, 0.717) is 24.6 Å². The van der Waals surface area contributed by atoms with Gasteiger partial charge in [0.15, 0.2) is 4.80 Å². The van der Waals surface area contributed by atoms with Gasteiger partial charge in [-0.1, -0.05) is 12.1 Å². The third-order valence-corrected chi connectivity index (χ3v) is 8.12. The van der Waals surface area contributed by atoms with Gasteiger partial charge in [-0.05, 0) is 68.7 Å². The van der Waals surface area contributed by atoms with E-state index in [1.165, 1.54) is 0 Å². The van der Waals surface area contributed by atoms with Crippen LogP contribution < -0.4 is 9.54 Å². The average Bonchev–Trinajstić information content (AvgIpc) is 3.46. The monoisotopic (exact) mass is 457 g/mol. The van der Waals surface area contributed by atoms with Crippen molar-refractivity contribution in [2.75, 3.05) is 19.7 Å². The summed E-state index contributed by atoms with van der Waals surface area (Å²) in [5.41, 5.74) is 2.88. The number of hydrogen-bond acceptors (Lipinski definition) is 5. The lowest BCUT2D eigenvalue weighted by Gasteiger charge is -2.15. The Morgan fingerprint density at radius 3 is 2.29 bits per heavy atom. The summed E-state index contributed by atoms with van der Waals surface area (Å²) in [7, 11) is -3.40. The van der Waals surface area contributed by atoms with Crippen molar-refractivity contribution in [3.8, 4) is 17.0 Å². The summed E-state index contributed by atoms with van der Waals surface area (Å²) < 4.78 is 34.8. The molecule has 0 bridgehead atoms. The Labute approximate surface area is 187 Å². The van der Waals surface area contributed by atoms with E-state index in [2.05, 4.69) is 16.9 Å². The Morgan fingerprint density at radius 2 is 1.68 bits per heavy atom. The van der Waals surface area contributed by atoms with Gasteiger partial charge in [-0.3, -0.25) is 0 Å². The van der Waals surface area contributed by atoms with E-state index >= 15 is 0 Å². The lowest BCUT2D eigenvalue weighted by atomic mass is 10.2. The predicted octanol–water partition coefficient (Wildman–Crippen LogP) is 4.65. The Kier molecular flexibility index (Phi) is 6.60. The number of thiazole rings is 1. The van der Waals surface area contributed by atoms with Crippen molar-refractivity contribution >= 4 is 27.0 Å². The molecule has 1 fully saturated rings. The predicted molar refractivity (Wildman–Crippen MR) is 124 cm³/mol. The fourth-order valence-electron chi connectivity index (χ4n) is 3.72. The van der Waals surface area contributed by atoms with Crippen LogP contribution in [0.4, 0.5) is 5.69 Å². The van der Waals surface area contributed by atoms with Crippen LogP contribution in [0.25, 0.3) is 11.3 Å². The van der Waals surface area contributed by atoms with E-state index in [4.69, 9.17) is 9.73 Å². The normalized spacial score (nSPS) is 15.5. The molecular formula is C23H27N3O3S2. The Balaban J connectivity index is 1.62. The number of rotatable bonds is 7. The van der Waals surface area contributed by atoms with Gasteiger partial charge >= 0.3 is 0 Å². The molecule has 2 heterocycles. The molecule has 1 aliphatic rings. The standard InChI is InChI=1S/C23H27N3O3S2/c1-3-26-22(17-30-23(26)24-19-9-11-20(12-10-19)29-4-2)18-7-13-21(14-8-18)31(27,28)25-15-5-6-16-25/h7-14,17H,3-6,15-16H2,1-2H3. The largest absolute Gasteiger partial charge is 0.494 e. The lowest BCUT2D eigenvalue weighted by Crippen LogP contribution is -2.27. The molecule has 0 N–H and O–H groups in total. The molecule has 3 aromatic rings. The van der Waals surface area contributed by atoms with Crippen LogP contribution in [-0.2, 0) is 16.6 Å². The summed E-state index contributed by atoms with van der Waals surface area (Å²) in [5.74, 6) is 0.834. The van der Waals surface area contributed by atoms with Gasteiger partial charge in [0.2, 0.25) is 10.0 Å². The number of sulfonamides is 1. The topological polar surface area (TPSA) is 63.9 Å². The number of hydrogen-bond donors (Lipinski definition) is 0. The summed E-state index contributed by atoms with van der Waals surface area (Å²) in [6, 6.07) is 14.9. The maximum atomic E-state index is 12.8. The quantitative estimate of drug-likeness (QED) is 0.519. The van der Waals surface area contributed by atoms with Crippen LogP contribution in [0.1, 0.15) is 26.7 Å². The molecule has 2 aromatic carbocycles. The van der Waals surface area contributed by atoms with Crippen molar-refractivity contribution in [2.24, 2.45) is 4.99 Å². The van der Waals surface area contributed by atoms with E-state index in [1.807, 2.05) is 43.3 Å². The molecule has 0 radical (unpaired) electrons. The van der Waals surface area contributed by atoms with Crippen LogP contribution in [-0.4, -0.2) is 37.0 Å². The molecule has 0 spiro atoms. The smallest absolute Gasteiger partial charge is 0.243 e. The first-order valence-electron chi connectivity index (χ1n) is 10.6. The second-order valence-electron chi connectivity index (χ2n) is 7.32. The Hall–Kier alpha value is -2.42. The molecule has 31 heavy (non-hydrogen) atoms. The highest BCUT2D eigenvalue weighted by Crippen LogP contribution is 2.26. The van der Waals surface area contributed by atoms with Gasteiger partial charge in [-0.2, -0.15) is 4.31 Å². The van der Waals surface area contributed by atoms with Gasteiger partial charge in [-0.15, -0.1) is 11.3 Å². The van der Waals surface area contributed by atoms with Gasteiger partial charge in [0.05, 0.1) is 22.9 Å². The summed E-state index contributed by atoms with van der Waals surface area (Å²) in [6.45, 7) is 6.67. The number of aromatic nitrogens is 1. The fourth-order valence-corrected chi connectivity index (χ4v) is 6.23. The van der Waals surface area contributed by atoms with Gasteiger partial charge in [0, 0.05) is 25.0 Å². The van der Waals surface area contributed by atoms with E-state index < -0.39 is 10.0 Å². The van der Waals surface area contributed by atoms with Crippen molar-refractivity contribution < 1.29 is 13.2 Å². The van der Waals surface area contributed by atoms with Gasteiger partial charge in [0.1, 0.15) is 5.75 Å². The number of ether oxygens (including phenoxy) is 1. The van der Waals surface area contributed by atoms with Crippen molar-refractivity contribution in [1.29, 1.82) is 0 Å². The first-order valence-corrected chi connectivity index (χ1v) is 12.9. The maximum absolute atomic E-state index is 12.8. The molecule has 0 aliphatic carbocycles. The van der Waals surface area contributed by atoms with Crippen LogP contribution in [0.3, 0.4) is 0 Å². The molecule has 0 atom stereocenters. The number of benzene rings is 2. The minimum Gasteiger partial charge on any atom is -0.494 e. The van der Waals surface area contributed by atoms with E-state index in [-0.39, 0.29) is 0 Å². The van der Waals surface area contributed by atoms with Gasteiger partial charge in [0.25, 0.3) is 0 Å². The zero-order chi connectivity index (χ0) is 21.8. The summed E-state index contributed by atoms with van der Waals surface area (Å²) in [4.78, 5) is 6.05. The molecule has 1 aliphatic heterocycles. The van der Waals surface area contributed by atoms with E-state index in [0.717, 1.165) is 46.9 Å². The summed E-state index contributed by atoms with van der Waals surface area (Å²) >= 11 is 1.57. The average molecular weight is 458 g/mol. The summed E-state index contributed by atoms with van der Waals surface area (Å²) in [5, 5.41) is 2.07. The van der Waals surface area contributed by atoms with Crippen LogP contribution >= 0.6 is 11.3 Å². The zero-order valence-electron chi connectivity index (χ0n) is 17.8. The third kappa shape index (κ3) is 4.61. The molecule has 4 rings (SSSR count).